The van der Waals surface area contributed by atoms with Gasteiger partial charge in [0.25, 0.3) is 5.78 Å². The topological polar surface area (TPSA) is 60.2 Å². The number of Topliss-reactive ketones (excluding diaryl/α,β-unsaturated/α-hetero) is 1. The van der Waals surface area contributed by atoms with Crippen LogP contribution in [0.25, 0.3) is 5.78 Å². The molecule has 0 bridgehead atoms. The Morgan fingerprint density at radius 1 is 1.13 bits per heavy atom. The van der Waals surface area contributed by atoms with Gasteiger partial charge in [0.1, 0.15) is 0 Å². The molecule has 30 heavy (non-hydrogen) atoms. The average molecular weight is 479 g/mol. The Bertz CT molecular complexity index is 1250. The van der Waals surface area contributed by atoms with Crippen LogP contribution in [0, 0.1) is 6.92 Å². The monoisotopic (exact) mass is 478 g/mol. The van der Waals surface area contributed by atoms with Gasteiger partial charge in [0.05, 0.1) is 11.3 Å². The maximum Gasteiger partial charge on any atom is 0.253 e. The quantitative estimate of drug-likeness (QED) is 0.367. The molecular formula is C23H19BrN4OS. The lowest BCUT2D eigenvalue weighted by Gasteiger charge is -2.23. The zero-order valence-electron chi connectivity index (χ0n) is 16.4. The number of carbonyl (C=O) groups is 1. The van der Waals surface area contributed by atoms with E-state index in [9.17, 15) is 4.79 Å². The number of thioether (sulfide) groups is 1. The molecule has 0 N–H and O–H groups in total. The summed E-state index contributed by atoms with van der Waals surface area (Å²) in [5.41, 5.74) is 5.09. The molecule has 2 aromatic carbocycles. The largest absolute Gasteiger partial charge is 0.294 e. The van der Waals surface area contributed by atoms with Gasteiger partial charge in [-0.3, -0.25) is 4.79 Å². The third kappa shape index (κ3) is 3.91. The highest BCUT2D eigenvalue weighted by molar-refractivity contribution is 9.10. The van der Waals surface area contributed by atoms with Gasteiger partial charge < -0.3 is 0 Å². The number of aromatic nitrogens is 4. The second kappa shape index (κ2) is 7.96. The van der Waals surface area contributed by atoms with Crippen LogP contribution in [0.4, 0.5) is 0 Å². The van der Waals surface area contributed by atoms with Crippen LogP contribution in [-0.4, -0.2) is 25.4 Å². The standard InChI is InChI=1S/C23H19BrN4OS/c1-14-3-2-4-16(9-14)17-10-20-19(21(29)11-17)12-28-22(25-20)26-23(27-28)30-13-15-5-7-18(24)8-6-15/h2-9,12,17H,10-11,13H2,1H3/t17-/m0/s1. The predicted molar refractivity (Wildman–Crippen MR) is 121 cm³/mol. The summed E-state index contributed by atoms with van der Waals surface area (Å²) >= 11 is 5.02. The average Bonchev–Trinajstić information content (AvgIpc) is 3.14. The molecule has 5 nitrogen and oxygen atoms in total. The van der Waals surface area contributed by atoms with Gasteiger partial charge in [-0.25, -0.2) is 9.50 Å². The van der Waals surface area contributed by atoms with Crippen molar-refractivity contribution in [2.75, 3.05) is 0 Å². The first-order valence-corrected chi connectivity index (χ1v) is 11.6. The molecule has 0 fully saturated rings. The van der Waals surface area contributed by atoms with Gasteiger partial charge in [-0.15, -0.1) is 5.10 Å². The lowest BCUT2D eigenvalue weighted by atomic mass is 9.82. The maximum absolute atomic E-state index is 12.8. The van der Waals surface area contributed by atoms with Gasteiger partial charge in [0.2, 0.25) is 5.16 Å². The Kier molecular flexibility index (Phi) is 5.16. The van der Waals surface area contributed by atoms with Gasteiger partial charge >= 0.3 is 0 Å². The summed E-state index contributed by atoms with van der Waals surface area (Å²) in [4.78, 5) is 22.1. The van der Waals surface area contributed by atoms with Crippen molar-refractivity contribution in [1.29, 1.82) is 0 Å². The smallest absolute Gasteiger partial charge is 0.253 e. The molecule has 0 aliphatic heterocycles. The molecule has 0 saturated carbocycles. The fourth-order valence-corrected chi connectivity index (χ4v) is 4.86. The summed E-state index contributed by atoms with van der Waals surface area (Å²) in [5, 5.41) is 5.18. The maximum atomic E-state index is 12.8. The van der Waals surface area contributed by atoms with Crippen LogP contribution in [0.5, 0.6) is 0 Å². The van der Waals surface area contributed by atoms with E-state index in [0.29, 0.717) is 22.9 Å². The molecule has 0 saturated heterocycles. The fourth-order valence-electron chi connectivity index (χ4n) is 3.81. The summed E-state index contributed by atoms with van der Waals surface area (Å²) in [6, 6.07) is 16.6. The van der Waals surface area contributed by atoms with Crippen LogP contribution in [0.2, 0.25) is 0 Å². The number of rotatable bonds is 4. The number of fused-ring (bicyclic) bond motifs is 2. The summed E-state index contributed by atoms with van der Waals surface area (Å²) in [6.07, 6.45) is 3.04. The van der Waals surface area contributed by atoms with E-state index in [-0.39, 0.29) is 11.7 Å². The molecule has 4 aromatic rings. The second-order valence-corrected chi connectivity index (χ2v) is 9.46. The lowest BCUT2D eigenvalue weighted by molar-refractivity contribution is 0.0962. The molecule has 1 atom stereocenters. The summed E-state index contributed by atoms with van der Waals surface area (Å²) < 4.78 is 2.69. The van der Waals surface area contributed by atoms with Gasteiger partial charge in [0.15, 0.2) is 5.78 Å². The highest BCUT2D eigenvalue weighted by Crippen LogP contribution is 2.32. The minimum atomic E-state index is 0.122. The molecule has 5 rings (SSSR count). The third-order valence-electron chi connectivity index (χ3n) is 5.36. The van der Waals surface area contributed by atoms with Gasteiger partial charge in [-0.05, 0) is 42.5 Å². The fraction of sp³-hybridized carbons (Fsp3) is 0.217. The van der Waals surface area contributed by atoms with Crippen LogP contribution in [0.3, 0.4) is 0 Å². The zero-order valence-corrected chi connectivity index (χ0v) is 18.8. The lowest BCUT2D eigenvalue weighted by Crippen LogP contribution is -2.21. The minimum absolute atomic E-state index is 0.122. The number of nitrogens with zero attached hydrogens (tertiary/aromatic N) is 4. The number of halogens is 1. The van der Waals surface area contributed by atoms with Gasteiger partial charge in [-0.1, -0.05) is 69.7 Å². The molecule has 0 amide bonds. The van der Waals surface area contributed by atoms with E-state index in [1.165, 1.54) is 16.7 Å². The van der Waals surface area contributed by atoms with Crippen LogP contribution in [0.15, 0.2) is 64.4 Å². The molecule has 150 valence electrons. The van der Waals surface area contributed by atoms with Crippen molar-refractivity contribution in [2.24, 2.45) is 0 Å². The molecule has 0 spiro atoms. The van der Waals surface area contributed by atoms with Crippen molar-refractivity contribution in [1.82, 2.24) is 19.6 Å². The van der Waals surface area contributed by atoms with Crippen molar-refractivity contribution in [3.63, 3.8) is 0 Å². The molecule has 1 aliphatic carbocycles. The van der Waals surface area contributed by atoms with E-state index >= 15 is 0 Å². The number of aryl methyl sites for hydroxylation is 1. The number of benzene rings is 2. The highest BCUT2D eigenvalue weighted by Gasteiger charge is 2.28. The van der Waals surface area contributed by atoms with E-state index in [2.05, 4.69) is 69.3 Å². The molecule has 2 heterocycles. The van der Waals surface area contributed by atoms with Crippen LogP contribution >= 0.6 is 27.7 Å². The molecule has 2 aromatic heterocycles. The first-order valence-electron chi connectivity index (χ1n) is 9.78. The van der Waals surface area contributed by atoms with Crippen LogP contribution in [-0.2, 0) is 12.2 Å². The van der Waals surface area contributed by atoms with Crippen molar-refractivity contribution >= 4 is 39.3 Å². The van der Waals surface area contributed by atoms with Gasteiger partial charge in [0, 0.05) is 22.8 Å². The van der Waals surface area contributed by atoms with E-state index < -0.39 is 0 Å². The Morgan fingerprint density at radius 3 is 2.77 bits per heavy atom. The molecule has 7 heteroatoms. The van der Waals surface area contributed by atoms with Gasteiger partial charge in [-0.2, -0.15) is 4.98 Å². The van der Waals surface area contributed by atoms with Crippen LogP contribution in [0.1, 0.15) is 45.1 Å². The van der Waals surface area contributed by atoms with E-state index in [4.69, 9.17) is 4.98 Å². The number of hydrogen-bond acceptors (Lipinski definition) is 5. The Hall–Kier alpha value is -2.51. The van der Waals surface area contributed by atoms with Crippen molar-refractivity contribution in [3.05, 3.63) is 87.1 Å². The van der Waals surface area contributed by atoms with Crippen molar-refractivity contribution < 1.29 is 4.79 Å². The highest BCUT2D eigenvalue weighted by atomic mass is 79.9. The van der Waals surface area contributed by atoms with Crippen LogP contribution < -0.4 is 0 Å². The Labute approximate surface area is 187 Å². The number of ketones is 1. The summed E-state index contributed by atoms with van der Waals surface area (Å²) in [5.74, 6) is 1.61. The number of hydrogen-bond donors (Lipinski definition) is 0. The Morgan fingerprint density at radius 2 is 1.97 bits per heavy atom. The van der Waals surface area contributed by atoms with E-state index in [1.807, 2.05) is 12.1 Å². The molecule has 0 unspecified atom stereocenters. The Balaban J connectivity index is 1.40. The third-order valence-corrected chi connectivity index (χ3v) is 6.80. The predicted octanol–water partition coefficient (Wildman–Crippen LogP) is 5.40. The van der Waals surface area contributed by atoms with E-state index in [0.717, 1.165) is 22.3 Å². The first kappa shape index (κ1) is 19.5. The SMILES string of the molecule is Cc1cccc([C@@H]2CC(=O)c3cn4nc(SCc5ccc(Br)cc5)nc4nc3C2)c1. The second-order valence-electron chi connectivity index (χ2n) is 7.60. The van der Waals surface area contributed by atoms with Crippen molar-refractivity contribution in [3.8, 4) is 0 Å². The number of carbonyl (C=O) groups excluding carboxylic acids is 1. The summed E-state index contributed by atoms with van der Waals surface area (Å²) in [6.45, 7) is 2.08. The molecule has 1 aliphatic rings. The normalized spacial score (nSPS) is 16.1. The summed E-state index contributed by atoms with van der Waals surface area (Å²) in [7, 11) is 0. The molecule has 0 radical (unpaired) electrons. The first-order chi connectivity index (χ1) is 14.5. The zero-order chi connectivity index (χ0) is 20.7. The molecular weight excluding hydrogens is 460 g/mol. The minimum Gasteiger partial charge on any atom is -0.294 e. The van der Waals surface area contributed by atoms with E-state index in [1.54, 1.807) is 22.5 Å². The van der Waals surface area contributed by atoms with Crippen molar-refractivity contribution in [2.45, 2.75) is 36.6 Å².